The molecule has 1 N–H and O–H groups in total. The Morgan fingerprint density at radius 2 is 1.76 bits per heavy atom. The quantitative estimate of drug-likeness (QED) is 0.910. The largest absolute Gasteiger partial charge is 0.305 e. The molecule has 21 heavy (non-hydrogen) atoms. The van der Waals surface area contributed by atoms with Gasteiger partial charge < -0.3 is 5.32 Å². The summed E-state index contributed by atoms with van der Waals surface area (Å²) in [7, 11) is 0. The molecule has 0 radical (unpaired) electrons. The third-order valence-electron chi connectivity index (χ3n) is 3.56. The van der Waals surface area contributed by atoms with E-state index in [-0.39, 0.29) is 17.3 Å². The number of nitrogens with zero attached hydrogens (tertiary/aromatic N) is 1. The molecule has 1 aromatic heterocycles. The lowest BCUT2D eigenvalue weighted by Gasteiger charge is -2.22. The van der Waals surface area contributed by atoms with Crippen LogP contribution >= 0.6 is 0 Å². The van der Waals surface area contributed by atoms with Crippen molar-refractivity contribution < 1.29 is 4.39 Å². The average molecular weight is 286 g/mol. The number of rotatable bonds is 4. The van der Waals surface area contributed by atoms with Crippen LogP contribution in [0.15, 0.2) is 42.6 Å². The van der Waals surface area contributed by atoms with E-state index in [9.17, 15) is 4.39 Å². The first-order chi connectivity index (χ1) is 9.91. The summed E-state index contributed by atoms with van der Waals surface area (Å²) in [5.41, 5.74) is 3.42. The van der Waals surface area contributed by atoms with Crippen LogP contribution < -0.4 is 5.32 Å². The summed E-state index contributed by atoms with van der Waals surface area (Å²) >= 11 is 0. The summed E-state index contributed by atoms with van der Waals surface area (Å²) in [4.78, 5) is 4.21. The number of halogens is 1. The zero-order valence-electron chi connectivity index (χ0n) is 13.2. The summed E-state index contributed by atoms with van der Waals surface area (Å²) in [6.07, 6.45) is 1.27. The molecule has 1 atom stereocenters. The van der Waals surface area contributed by atoms with Gasteiger partial charge in [-0.3, -0.25) is 4.98 Å². The Hall–Kier alpha value is -1.74. The molecular weight excluding hydrogens is 263 g/mol. The van der Waals surface area contributed by atoms with Gasteiger partial charge in [-0.05, 0) is 35.2 Å². The zero-order chi connectivity index (χ0) is 15.5. The molecule has 0 aliphatic carbocycles. The molecule has 0 aliphatic heterocycles. The van der Waals surface area contributed by atoms with E-state index in [1.165, 1.54) is 17.8 Å². The van der Waals surface area contributed by atoms with Crippen molar-refractivity contribution in [2.24, 2.45) is 0 Å². The van der Waals surface area contributed by atoms with Gasteiger partial charge in [0.25, 0.3) is 0 Å². The predicted octanol–water partition coefficient (Wildman–Crippen LogP) is 4.22. The van der Waals surface area contributed by atoms with Crippen LogP contribution in [0.4, 0.5) is 4.39 Å². The van der Waals surface area contributed by atoms with Gasteiger partial charge >= 0.3 is 0 Å². The van der Waals surface area contributed by atoms with Gasteiger partial charge in [-0.1, -0.05) is 52.0 Å². The second-order valence-corrected chi connectivity index (χ2v) is 6.26. The molecule has 1 unspecified atom stereocenters. The van der Waals surface area contributed by atoms with E-state index in [1.54, 1.807) is 6.07 Å². The van der Waals surface area contributed by atoms with Crippen LogP contribution in [0.5, 0.6) is 0 Å². The van der Waals surface area contributed by atoms with E-state index in [0.29, 0.717) is 0 Å². The predicted molar refractivity (Wildman–Crippen MR) is 84.9 cm³/mol. The molecule has 1 aromatic carbocycles. The van der Waals surface area contributed by atoms with E-state index in [2.05, 4.69) is 62.3 Å². The molecule has 0 saturated heterocycles. The summed E-state index contributed by atoms with van der Waals surface area (Å²) in [6.45, 7) is 9.48. The molecular formula is C18H23FN2. The third-order valence-corrected chi connectivity index (χ3v) is 3.56. The van der Waals surface area contributed by atoms with Crippen LogP contribution in [-0.4, -0.2) is 11.5 Å². The highest BCUT2D eigenvalue weighted by molar-refractivity contribution is 5.33. The molecule has 0 fully saturated rings. The smallest absolute Gasteiger partial charge is 0.141 e. The number of hydrogen-bond acceptors (Lipinski definition) is 2. The summed E-state index contributed by atoms with van der Waals surface area (Å²) in [5, 5.41) is 3.41. The molecule has 0 bridgehead atoms. The minimum Gasteiger partial charge on any atom is -0.305 e. The summed E-state index contributed by atoms with van der Waals surface area (Å²) in [5.74, 6) is -0.308. The fourth-order valence-corrected chi connectivity index (χ4v) is 2.33. The van der Waals surface area contributed by atoms with Gasteiger partial charge in [0.05, 0.1) is 17.9 Å². The maximum Gasteiger partial charge on any atom is 0.141 e. The van der Waals surface area contributed by atoms with Crippen molar-refractivity contribution in [1.82, 2.24) is 10.3 Å². The number of aromatic nitrogens is 1. The highest BCUT2D eigenvalue weighted by Gasteiger charge is 2.17. The topological polar surface area (TPSA) is 24.9 Å². The third kappa shape index (κ3) is 3.88. The molecule has 2 aromatic rings. The molecule has 2 nitrogen and oxygen atoms in total. The van der Waals surface area contributed by atoms with E-state index >= 15 is 0 Å². The van der Waals surface area contributed by atoms with Crippen molar-refractivity contribution in [2.75, 3.05) is 6.54 Å². The zero-order valence-corrected chi connectivity index (χ0v) is 13.2. The number of hydrogen-bond donors (Lipinski definition) is 1. The van der Waals surface area contributed by atoms with E-state index in [0.717, 1.165) is 17.8 Å². The first-order valence-electron chi connectivity index (χ1n) is 7.37. The molecule has 0 spiro atoms. The maximum atomic E-state index is 13.0. The van der Waals surface area contributed by atoms with Gasteiger partial charge in [-0.25, -0.2) is 4.39 Å². The lowest BCUT2D eigenvalue weighted by molar-refractivity contribution is 0.583. The Bertz CT molecular complexity index is 568. The standard InChI is InChI=1S/C18H23FN2/c1-5-20-17(16-11-10-15(19)12-21-16)13-6-8-14(9-7-13)18(2,3)4/h6-12,17,20H,5H2,1-4H3. The Morgan fingerprint density at radius 3 is 2.24 bits per heavy atom. The highest BCUT2D eigenvalue weighted by Crippen LogP contribution is 2.26. The Morgan fingerprint density at radius 1 is 1.10 bits per heavy atom. The first kappa shape index (κ1) is 15.6. The van der Waals surface area contributed by atoms with Crippen molar-refractivity contribution in [3.63, 3.8) is 0 Å². The molecule has 2 rings (SSSR count). The van der Waals surface area contributed by atoms with Crippen LogP contribution in [0.1, 0.15) is 50.6 Å². The Labute approximate surface area is 126 Å². The van der Waals surface area contributed by atoms with Crippen LogP contribution in [0.25, 0.3) is 0 Å². The van der Waals surface area contributed by atoms with Gasteiger partial charge in [0.15, 0.2) is 0 Å². The molecule has 112 valence electrons. The van der Waals surface area contributed by atoms with Gasteiger partial charge in [-0.15, -0.1) is 0 Å². The van der Waals surface area contributed by atoms with E-state index < -0.39 is 0 Å². The molecule has 0 aliphatic rings. The van der Waals surface area contributed by atoms with Crippen LogP contribution in [0.3, 0.4) is 0 Å². The van der Waals surface area contributed by atoms with Gasteiger partial charge in [-0.2, -0.15) is 0 Å². The van der Waals surface area contributed by atoms with Gasteiger partial charge in [0.1, 0.15) is 5.82 Å². The molecule has 3 heteroatoms. The highest BCUT2D eigenvalue weighted by atomic mass is 19.1. The fourth-order valence-electron chi connectivity index (χ4n) is 2.33. The number of nitrogens with one attached hydrogen (secondary N) is 1. The lowest BCUT2D eigenvalue weighted by atomic mass is 9.86. The van der Waals surface area contributed by atoms with Crippen molar-refractivity contribution in [1.29, 1.82) is 0 Å². The van der Waals surface area contributed by atoms with E-state index in [4.69, 9.17) is 0 Å². The van der Waals surface area contributed by atoms with Crippen LogP contribution in [0, 0.1) is 5.82 Å². The van der Waals surface area contributed by atoms with Crippen molar-refractivity contribution in [2.45, 2.75) is 39.2 Å². The minimum atomic E-state index is -0.308. The minimum absolute atomic E-state index is 0.00961. The maximum absolute atomic E-state index is 13.0. The summed E-state index contributed by atoms with van der Waals surface area (Å²) < 4.78 is 13.0. The van der Waals surface area contributed by atoms with Gasteiger partial charge in [0.2, 0.25) is 0 Å². The van der Waals surface area contributed by atoms with Crippen LogP contribution in [-0.2, 0) is 5.41 Å². The Balaban J connectivity index is 2.32. The Kier molecular flexibility index (Phi) is 4.73. The normalized spacial score (nSPS) is 13.2. The lowest BCUT2D eigenvalue weighted by Crippen LogP contribution is -2.23. The molecule has 1 heterocycles. The second-order valence-electron chi connectivity index (χ2n) is 6.26. The van der Waals surface area contributed by atoms with Crippen molar-refractivity contribution in [3.05, 3.63) is 65.2 Å². The molecule has 0 saturated carbocycles. The van der Waals surface area contributed by atoms with Crippen molar-refractivity contribution in [3.8, 4) is 0 Å². The number of pyridine rings is 1. The fraction of sp³-hybridized carbons (Fsp3) is 0.389. The van der Waals surface area contributed by atoms with E-state index in [1.807, 2.05) is 0 Å². The summed E-state index contributed by atoms with van der Waals surface area (Å²) in [6, 6.07) is 11.7. The van der Waals surface area contributed by atoms with Crippen LogP contribution in [0.2, 0.25) is 0 Å². The first-order valence-corrected chi connectivity index (χ1v) is 7.37. The second kappa shape index (κ2) is 6.35. The number of benzene rings is 1. The van der Waals surface area contributed by atoms with Gasteiger partial charge in [0, 0.05) is 0 Å². The monoisotopic (exact) mass is 286 g/mol. The average Bonchev–Trinajstić information content (AvgIpc) is 2.45. The molecule has 0 amide bonds. The van der Waals surface area contributed by atoms with Crippen molar-refractivity contribution >= 4 is 0 Å². The SMILES string of the molecule is CCNC(c1ccc(C(C)(C)C)cc1)c1ccc(F)cn1.